The molecule has 3 rings (SSSR count). The number of amides is 1. The molecular weight excluding hydrogens is 364 g/mol. The number of benzene rings is 1. The van der Waals surface area contributed by atoms with Crippen molar-refractivity contribution in [3.63, 3.8) is 0 Å². The number of likely N-dealkylation sites (tertiary alicyclic amines) is 1. The average molecular weight is 399 g/mol. The molecule has 158 valence electrons. The quantitative estimate of drug-likeness (QED) is 0.736. The molecule has 5 nitrogen and oxygen atoms in total. The maximum atomic E-state index is 12.7. The van der Waals surface area contributed by atoms with E-state index in [-0.39, 0.29) is 29.1 Å². The van der Waals surface area contributed by atoms with Crippen molar-refractivity contribution >= 4 is 5.91 Å². The first-order chi connectivity index (χ1) is 13.4. The van der Waals surface area contributed by atoms with Gasteiger partial charge in [-0.2, -0.15) is 0 Å². The van der Waals surface area contributed by atoms with Gasteiger partial charge in [-0.15, -0.1) is 0 Å². The van der Waals surface area contributed by atoms with Crippen molar-refractivity contribution in [3.8, 4) is 17.4 Å². The van der Waals surface area contributed by atoms with E-state index in [1.54, 1.807) is 0 Å². The minimum atomic E-state index is -0.407. The first kappa shape index (κ1) is 21.3. The summed E-state index contributed by atoms with van der Waals surface area (Å²) in [6.45, 7) is 13.2. The Hall–Kier alpha value is -2.43. The monoisotopic (exact) mass is 398 g/mol. The molecule has 1 fully saturated rings. The molecule has 2 N–H and O–H groups in total. The Bertz CT molecular complexity index is 886. The van der Waals surface area contributed by atoms with Gasteiger partial charge in [0.05, 0.1) is 11.7 Å². The molecule has 0 saturated carbocycles. The summed E-state index contributed by atoms with van der Waals surface area (Å²) in [5.74, 6) is 0.180. The highest BCUT2D eigenvalue weighted by Gasteiger charge is 2.40. The summed E-state index contributed by atoms with van der Waals surface area (Å²) in [5, 5.41) is 22.6. The lowest BCUT2D eigenvalue weighted by atomic mass is 9.79. The van der Waals surface area contributed by atoms with Crippen molar-refractivity contribution in [2.75, 3.05) is 6.54 Å². The van der Waals surface area contributed by atoms with Gasteiger partial charge >= 0.3 is 0 Å². The van der Waals surface area contributed by atoms with Crippen LogP contribution in [-0.2, 0) is 10.2 Å². The number of hydrogen-bond acceptors (Lipinski definition) is 3. The molecule has 0 radical (unpaired) electrons. The summed E-state index contributed by atoms with van der Waals surface area (Å²) in [7, 11) is 0. The molecule has 1 saturated heterocycles. The predicted octanol–water partition coefficient (Wildman–Crippen LogP) is 5.29. The van der Waals surface area contributed by atoms with Crippen molar-refractivity contribution < 1.29 is 15.0 Å². The molecule has 1 aliphatic rings. The zero-order valence-electron chi connectivity index (χ0n) is 18.5. The van der Waals surface area contributed by atoms with Crippen LogP contribution in [-0.4, -0.2) is 32.1 Å². The van der Waals surface area contributed by atoms with Crippen LogP contribution in [0.25, 0.3) is 5.69 Å². The molecule has 1 aromatic heterocycles. The van der Waals surface area contributed by atoms with E-state index in [1.165, 1.54) is 4.57 Å². The van der Waals surface area contributed by atoms with E-state index in [9.17, 15) is 15.0 Å². The van der Waals surface area contributed by atoms with Crippen molar-refractivity contribution in [3.05, 3.63) is 41.5 Å². The van der Waals surface area contributed by atoms with Gasteiger partial charge < -0.3 is 15.1 Å². The number of aromatic hydroxyl groups is 2. The van der Waals surface area contributed by atoms with Crippen molar-refractivity contribution in [1.29, 1.82) is 0 Å². The Morgan fingerprint density at radius 2 is 1.62 bits per heavy atom. The van der Waals surface area contributed by atoms with Gasteiger partial charge in [0.1, 0.15) is 0 Å². The fourth-order valence-corrected chi connectivity index (χ4v) is 4.39. The van der Waals surface area contributed by atoms with Gasteiger partial charge in [0, 0.05) is 24.1 Å². The molecule has 1 amide bonds. The lowest BCUT2D eigenvalue weighted by molar-refractivity contribution is -0.130. The molecule has 1 unspecified atom stereocenters. The van der Waals surface area contributed by atoms with Crippen molar-refractivity contribution in [2.45, 2.75) is 72.3 Å². The topological polar surface area (TPSA) is 65.7 Å². The Kier molecular flexibility index (Phi) is 5.46. The maximum Gasteiger partial charge on any atom is 0.223 e. The number of nitrogens with zero attached hydrogens (tertiary/aromatic N) is 2. The van der Waals surface area contributed by atoms with Gasteiger partial charge in [0.15, 0.2) is 0 Å². The Morgan fingerprint density at radius 3 is 2.10 bits per heavy atom. The van der Waals surface area contributed by atoms with Crippen LogP contribution in [0.4, 0.5) is 0 Å². The SMILES string of the molecule is CC(C)(C)CC(c1c(C(C)(C)C)c(O)n(-c2ccccc2)c1O)N1CCCC1=O. The summed E-state index contributed by atoms with van der Waals surface area (Å²) < 4.78 is 1.51. The summed E-state index contributed by atoms with van der Waals surface area (Å²) in [5.41, 5.74) is 1.61. The van der Waals surface area contributed by atoms with Crippen molar-refractivity contribution in [2.24, 2.45) is 5.41 Å². The van der Waals surface area contributed by atoms with Crippen LogP contribution in [0.3, 0.4) is 0 Å². The van der Waals surface area contributed by atoms with Gasteiger partial charge in [-0.1, -0.05) is 59.7 Å². The largest absolute Gasteiger partial charge is 0.494 e. The van der Waals surface area contributed by atoms with Gasteiger partial charge in [0.25, 0.3) is 0 Å². The molecule has 29 heavy (non-hydrogen) atoms. The summed E-state index contributed by atoms with van der Waals surface area (Å²) in [6.07, 6.45) is 2.07. The Labute approximate surface area is 174 Å². The van der Waals surface area contributed by atoms with Crippen LogP contribution >= 0.6 is 0 Å². The molecule has 5 heteroatoms. The van der Waals surface area contributed by atoms with Gasteiger partial charge in [-0.25, -0.2) is 0 Å². The number of carbonyl (C=O) groups excluding carboxylic acids is 1. The molecular formula is C24H34N2O3. The van der Waals surface area contributed by atoms with Crippen LogP contribution < -0.4 is 0 Å². The number of aromatic nitrogens is 1. The van der Waals surface area contributed by atoms with Gasteiger partial charge in [-0.05, 0) is 35.8 Å². The van der Waals surface area contributed by atoms with Crippen LogP contribution in [0.2, 0.25) is 0 Å². The predicted molar refractivity (Wildman–Crippen MR) is 116 cm³/mol. The molecule has 1 atom stereocenters. The number of hydrogen-bond donors (Lipinski definition) is 2. The molecule has 0 aliphatic carbocycles. The standard InChI is InChI=1S/C24H34N2O3/c1-23(2,3)15-17(25-14-10-13-18(25)27)19-20(24(4,5)6)22(29)26(21(19)28)16-11-8-7-9-12-16/h7-9,11-12,17,28-29H,10,13-15H2,1-6H3. The van der Waals surface area contributed by atoms with E-state index in [1.807, 2.05) is 56.0 Å². The average Bonchev–Trinajstić information content (AvgIpc) is 3.13. The fourth-order valence-electron chi connectivity index (χ4n) is 4.39. The summed E-state index contributed by atoms with van der Waals surface area (Å²) in [4.78, 5) is 14.6. The Morgan fingerprint density at radius 1 is 1.00 bits per heavy atom. The molecule has 0 bridgehead atoms. The van der Waals surface area contributed by atoms with E-state index < -0.39 is 5.41 Å². The third-order valence-electron chi connectivity index (χ3n) is 5.55. The van der Waals surface area contributed by atoms with Crippen LogP contribution in [0.15, 0.2) is 30.3 Å². The van der Waals surface area contributed by atoms with Crippen molar-refractivity contribution in [1.82, 2.24) is 9.47 Å². The van der Waals surface area contributed by atoms with E-state index >= 15 is 0 Å². The van der Waals surface area contributed by atoms with Crippen LogP contribution in [0, 0.1) is 5.41 Å². The number of rotatable bonds is 4. The highest BCUT2D eigenvalue weighted by atomic mass is 16.3. The lowest BCUT2D eigenvalue weighted by Crippen LogP contribution is -2.33. The summed E-state index contributed by atoms with van der Waals surface area (Å²) >= 11 is 0. The zero-order chi connectivity index (χ0) is 21.6. The number of carbonyl (C=O) groups is 1. The highest BCUT2D eigenvalue weighted by molar-refractivity contribution is 5.79. The number of para-hydroxylation sites is 1. The molecule has 1 aliphatic heterocycles. The minimum Gasteiger partial charge on any atom is -0.494 e. The first-order valence-electron chi connectivity index (χ1n) is 10.4. The second-order valence-corrected chi connectivity index (χ2v) is 10.3. The highest BCUT2D eigenvalue weighted by Crippen LogP contribution is 2.50. The van der Waals surface area contributed by atoms with E-state index in [0.29, 0.717) is 36.2 Å². The van der Waals surface area contributed by atoms with E-state index in [4.69, 9.17) is 0 Å². The fraction of sp³-hybridized carbons (Fsp3) is 0.542. The molecule has 0 spiro atoms. The van der Waals surface area contributed by atoms with Gasteiger partial charge in [0.2, 0.25) is 17.7 Å². The normalized spacial score (nSPS) is 16.5. The maximum absolute atomic E-state index is 12.7. The zero-order valence-corrected chi connectivity index (χ0v) is 18.5. The smallest absolute Gasteiger partial charge is 0.223 e. The van der Waals surface area contributed by atoms with E-state index in [0.717, 1.165) is 6.42 Å². The molecule has 2 heterocycles. The third-order valence-corrected chi connectivity index (χ3v) is 5.55. The third kappa shape index (κ3) is 4.14. The van der Waals surface area contributed by atoms with Crippen LogP contribution in [0.5, 0.6) is 11.8 Å². The lowest BCUT2D eigenvalue weighted by Gasteiger charge is -2.35. The first-order valence-corrected chi connectivity index (χ1v) is 10.4. The second kappa shape index (κ2) is 7.43. The van der Waals surface area contributed by atoms with E-state index in [2.05, 4.69) is 20.8 Å². The Balaban J connectivity index is 2.28. The van der Waals surface area contributed by atoms with Crippen LogP contribution in [0.1, 0.15) is 78.0 Å². The second-order valence-electron chi connectivity index (χ2n) is 10.3. The molecule has 2 aromatic rings. The van der Waals surface area contributed by atoms with Gasteiger partial charge in [-0.3, -0.25) is 9.36 Å². The minimum absolute atomic E-state index is 0.0209. The summed E-state index contributed by atoms with van der Waals surface area (Å²) in [6, 6.07) is 9.08. The molecule has 1 aromatic carbocycles.